The molecule has 0 unspecified atom stereocenters. The van der Waals surface area contributed by atoms with Gasteiger partial charge >= 0.3 is 0 Å². The van der Waals surface area contributed by atoms with Gasteiger partial charge in [0, 0.05) is 10.6 Å². The Kier molecular flexibility index (Phi) is 2.84. The first-order chi connectivity index (χ1) is 7.69. The monoisotopic (exact) mass is 232 g/mol. The lowest BCUT2D eigenvalue weighted by molar-refractivity contribution is 0.628. The van der Waals surface area contributed by atoms with E-state index in [9.17, 15) is 4.39 Å². The van der Waals surface area contributed by atoms with Gasteiger partial charge in [0.1, 0.15) is 17.6 Å². The predicted octanol–water partition coefficient (Wildman–Crippen LogP) is 3.41. The summed E-state index contributed by atoms with van der Waals surface area (Å²) in [5.41, 5.74) is 1.52. The van der Waals surface area contributed by atoms with Crippen molar-refractivity contribution >= 4 is 11.6 Å². The molecule has 0 saturated heterocycles. The highest BCUT2D eigenvalue weighted by atomic mass is 35.5. The molecule has 0 aliphatic heterocycles. The Morgan fingerprint density at radius 2 is 1.88 bits per heavy atom. The summed E-state index contributed by atoms with van der Waals surface area (Å²) < 4.78 is 12.7. The molecular formula is C12H6ClFN2. The molecule has 2 aromatic rings. The predicted molar refractivity (Wildman–Crippen MR) is 59.4 cm³/mol. The van der Waals surface area contributed by atoms with Gasteiger partial charge in [-0.15, -0.1) is 0 Å². The van der Waals surface area contributed by atoms with Crippen molar-refractivity contribution in [1.29, 1.82) is 5.26 Å². The van der Waals surface area contributed by atoms with Crippen LogP contribution in [0, 0.1) is 17.1 Å². The molecule has 0 bridgehead atoms. The molecule has 78 valence electrons. The van der Waals surface area contributed by atoms with Crippen molar-refractivity contribution < 1.29 is 4.39 Å². The molecule has 0 aliphatic carbocycles. The summed E-state index contributed by atoms with van der Waals surface area (Å²) in [6.45, 7) is 0. The minimum Gasteiger partial charge on any atom is -0.237 e. The Bertz CT molecular complexity index is 558. The Morgan fingerprint density at radius 1 is 1.19 bits per heavy atom. The quantitative estimate of drug-likeness (QED) is 0.756. The number of hydrogen-bond acceptors (Lipinski definition) is 2. The maximum absolute atomic E-state index is 12.7. The topological polar surface area (TPSA) is 36.7 Å². The highest BCUT2D eigenvalue weighted by Gasteiger charge is 2.03. The van der Waals surface area contributed by atoms with Gasteiger partial charge < -0.3 is 0 Å². The molecule has 0 saturated carbocycles. The molecule has 1 heterocycles. The van der Waals surface area contributed by atoms with Crippen molar-refractivity contribution in [2.45, 2.75) is 0 Å². The fraction of sp³-hybridized carbons (Fsp3) is 0. The van der Waals surface area contributed by atoms with Crippen molar-refractivity contribution in [3.8, 4) is 17.3 Å². The average Bonchev–Trinajstić information content (AvgIpc) is 2.29. The molecule has 0 spiro atoms. The van der Waals surface area contributed by atoms with E-state index in [1.165, 1.54) is 18.2 Å². The van der Waals surface area contributed by atoms with Crippen molar-refractivity contribution in [3.05, 3.63) is 52.9 Å². The summed E-state index contributed by atoms with van der Waals surface area (Å²) in [4.78, 5) is 4.08. The van der Waals surface area contributed by atoms with Crippen LogP contribution in [0.3, 0.4) is 0 Å². The Balaban J connectivity index is 2.52. The van der Waals surface area contributed by atoms with E-state index in [1.54, 1.807) is 18.2 Å². The zero-order valence-electron chi connectivity index (χ0n) is 8.11. The summed E-state index contributed by atoms with van der Waals surface area (Å²) in [7, 11) is 0. The SMILES string of the molecule is N#Cc1cc(Cl)cc(-c2ccc(F)cc2)n1. The lowest BCUT2D eigenvalue weighted by atomic mass is 10.1. The molecule has 0 aliphatic rings. The van der Waals surface area contributed by atoms with Gasteiger partial charge in [0.2, 0.25) is 0 Å². The number of hydrogen-bond donors (Lipinski definition) is 0. The highest BCUT2D eigenvalue weighted by Crippen LogP contribution is 2.21. The number of nitrogens with zero attached hydrogens (tertiary/aromatic N) is 2. The van der Waals surface area contributed by atoms with Crippen molar-refractivity contribution in [2.24, 2.45) is 0 Å². The summed E-state index contributed by atoms with van der Waals surface area (Å²) >= 11 is 5.84. The fourth-order valence-electron chi connectivity index (χ4n) is 1.32. The van der Waals surface area contributed by atoms with Crippen LogP contribution in [0.2, 0.25) is 5.02 Å². The van der Waals surface area contributed by atoms with Crippen LogP contribution in [0.4, 0.5) is 4.39 Å². The van der Waals surface area contributed by atoms with Gasteiger partial charge in [-0.25, -0.2) is 9.37 Å². The van der Waals surface area contributed by atoms with Crippen LogP contribution < -0.4 is 0 Å². The van der Waals surface area contributed by atoms with Crippen molar-refractivity contribution in [2.75, 3.05) is 0 Å². The van der Waals surface area contributed by atoms with Gasteiger partial charge in [-0.3, -0.25) is 0 Å². The number of nitriles is 1. The molecule has 0 N–H and O–H groups in total. The minimum atomic E-state index is -0.314. The third-order valence-corrected chi connectivity index (χ3v) is 2.26. The van der Waals surface area contributed by atoms with Gasteiger partial charge in [-0.2, -0.15) is 5.26 Å². The van der Waals surface area contributed by atoms with Gasteiger partial charge in [-0.05, 0) is 36.4 Å². The molecule has 0 fully saturated rings. The molecular weight excluding hydrogens is 227 g/mol. The van der Waals surface area contributed by atoms with Crippen LogP contribution in [0.5, 0.6) is 0 Å². The number of benzene rings is 1. The van der Waals surface area contributed by atoms with Crippen LogP contribution >= 0.6 is 11.6 Å². The minimum absolute atomic E-state index is 0.242. The number of pyridine rings is 1. The molecule has 16 heavy (non-hydrogen) atoms. The van der Waals surface area contributed by atoms with Gasteiger partial charge in [0.05, 0.1) is 5.69 Å². The van der Waals surface area contributed by atoms with Crippen LogP contribution in [-0.4, -0.2) is 4.98 Å². The summed E-state index contributed by atoms with van der Waals surface area (Å²) in [6.07, 6.45) is 0. The Morgan fingerprint density at radius 3 is 2.50 bits per heavy atom. The molecule has 2 rings (SSSR count). The van der Waals surface area contributed by atoms with Crippen LogP contribution in [0.15, 0.2) is 36.4 Å². The van der Waals surface area contributed by atoms with Gasteiger partial charge in [0.25, 0.3) is 0 Å². The molecule has 2 nitrogen and oxygen atoms in total. The van der Waals surface area contributed by atoms with Crippen molar-refractivity contribution in [1.82, 2.24) is 4.98 Å². The number of aromatic nitrogens is 1. The lowest BCUT2D eigenvalue weighted by Crippen LogP contribution is -1.88. The molecule has 1 aromatic carbocycles. The normalized spacial score (nSPS) is 9.81. The third kappa shape index (κ3) is 2.18. The second-order valence-corrected chi connectivity index (χ2v) is 3.61. The lowest BCUT2D eigenvalue weighted by Gasteiger charge is -2.01. The Hall–Kier alpha value is -1.92. The standard InChI is InChI=1S/C12H6ClFN2/c13-9-5-11(7-15)16-12(6-9)8-1-3-10(14)4-2-8/h1-6H. The molecule has 4 heteroatoms. The maximum Gasteiger partial charge on any atom is 0.142 e. The van der Waals surface area contributed by atoms with Crippen molar-refractivity contribution in [3.63, 3.8) is 0 Å². The molecule has 0 amide bonds. The van der Waals surface area contributed by atoms with E-state index in [1.807, 2.05) is 6.07 Å². The highest BCUT2D eigenvalue weighted by molar-refractivity contribution is 6.30. The molecule has 0 atom stereocenters. The van der Waals surface area contributed by atoms with E-state index >= 15 is 0 Å². The Labute approximate surface area is 96.9 Å². The first-order valence-corrected chi connectivity index (χ1v) is 4.90. The van der Waals surface area contributed by atoms with E-state index in [0.29, 0.717) is 10.7 Å². The number of halogens is 2. The second kappa shape index (κ2) is 4.30. The van der Waals surface area contributed by atoms with E-state index in [2.05, 4.69) is 4.98 Å². The average molecular weight is 233 g/mol. The summed E-state index contributed by atoms with van der Waals surface area (Å²) in [5.74, 6) is -0.314. The third-order valence-electron chi connectivity index (χ3n) is 2.04. The molecule has 1 aromatic heterocycles. The zero-order valence-corrected chi connectivity index (χ0v) is 8.87. The fourth-order valence-corrected chi connectivity index (χ4v) is 1.53. The van der Waals surface area contributed by atoms with Crippen LogP contribution in [-0.2, 0) is 0 Å². The number of rotatable bonds is 1. The maximum atomic E-state index is 12.7. The van der Waals surface area contributed by atoms with E-state index in [0.717, 1.165) is 5.56 Å². The van der Waals surface area contributed by atoms with E-state index in [4.69, 9.17) is 16.9 Å². The van der Waals surface area contributed by atoms with Gasteiger partial charge in [0.15, 0.2) is 0 Å². The smallest absolute Gasteiger partial charge is 0.142 e. The zero-order chi connectivity index (χ0) is 11.5. The summed E-state index contributed by atoms with van der Waals surface area (Å²) in [6, 6.07) is 10.9. The first kappa shape index (κ1) is 10.6. The van der Waals surface area contributed by atoms with Gasteiger partial charge in [-0.1, -0.05) is 11.6 Å². The first-order valence-electron chi connectivity index (χ1n) is 4.52. The summed E-state index contributed by atoms with van der Waals surface area (Å²) in [5, 5.41) is 9.18. The van der Waals surface area contributed by atoms with E-state index in [-0.39, 0.29) is 11.5 Å². The largest absolute Gasteiger partial charge is 0.237 e. The van der Waals surface area contributed by atoms with Crippen LogP contribution in [0.25, 0.3) is 11.3 Å². The molecule has 0 radical (unpaired) electrons. The van der Waals surface area contributed by atoms with Crippen LogP contribution in [0.1, 0.15) is 5.69 Å². The second-order valence-electron chi connectivity index (χ2n) is 3.17. The van der Waals surface area contributed by atoms with E-state index < -0.39 is 0 Å².